The smallest absolute Gasteiger partial charge is 0.312 e. The highest BCUT2D eigenvalue weighted by Gasteiger charge is 1.98. The van der Waals surface area contributed by atoms with Crippen LogP contribution in [-0.4, -0.2) is 42.3 Å². The summed E-state index contributed by atoms with van der Waals surface area (Å²) in [6, 6.07) is -0.486. The van der Waals surface area contributed by atoms with Gasteiger partial charge < -0.3 is 21.1 Å². The summed E-state index contributed by atoms with van der Waals surface area (Å²) < 4.78 is 0. The number of nitrogens with one attached hydrogen (secondary N) is 1. The van der Waals surface area contributed by atoms with Gasteiger partial charge in [-0.15, -0.1) is 0 Å². The summed E-state index contributed by atoms with van der Waals surface area (Å²) in [5, 5.41) is 11.2. The molecule has 0 aliphatic heterocycles. The summed E-state index contributed by atoms with van der Waals surface area (Å²) in [5.41, 5.74) is 4.93. The van der Waals surface area contributed by atoms with Crippen molar-refractivity contribution in [3.05, 3.63) is 12.8 Å². The van der Waals surface area contributed by atoms with E-state index in [2.05, 4.69) is 16.8 Å². The second-order valence-electron chi connectivity index (χ2n) is 3.29. The molecule has 0 aromatic carbocycles. The van der Waals surface area contributed by atoms with Crippen LogP contribution >= 0.6 is 0 Å². The molecule has 0 aromatic rings. The molecule has 5 nitrogen and oxygen atoms in total. The van der Waals surface area contributed by atoms with Crippen molar-refractivity contribution in [2.45, 2.75) is 19.3 Å². The summed E-state index contributed by atoms with van der Waals surface area (Å²) in [6.45, 7) is 6.25. The maximum atomic E-state index is 10.4. The van der Waals surface area contributed by atoms with Gasteiger partial charge in [-0.3, -0.25) is 0 Å². The molecular formula is C10H21N3O2. The molecule has 0 heterocycles. The number of nitrogens with two attached hydrogens (primary N) is 1. The van der Waals surface area contributed by atoms with Crippen LogP contribution in [0.3, 0.4) is 0 Å². The number of urea groups is 1. The number of nitrogens with zero attached hydrogens (tertiary/aromatic N) is 1. The van der Waals surface area contributed by atoms with Crippen LogP contribution in [0.15, 0.2) is 12.8 Å². The fourth-order valence-electron chi connectivity index (χ4n) is 1.21. The molecule has 0 aliphatic rings. The Labute approximate surface area is 90.9 Å². The van der Waals surface area contributed by atoms with Crippen molar-refractivity contribution in [1.29, 1.82) is 0 Å². The van der Waals surface area contributed by atoms with Crippen molar-refractivity contribution in [3.8, 4) is 0 Å². The van der Waals surface area contributed by atoms with Crippen LogP contribution in [0.4, 0.5) is 4.79 Å². The first kappa shape index (κ1) is 13.8. The van der Waals surface area contributed by atoms with E-state index in [0.29, 0.717) is 6.54 Å². The Balaban J connectivity index is 3.43. The lowest BCUT2D eigenvalue weighted by atomic mass is 10.3. The van der Waals surface area contributed by atoms with Crippen molar-refractivity contribution in [3.63, 3.8) is 0 Å². The number of carbonyl (C=O) groups excluding carboxylic acids is 1. The maximum absolute atomic E-state index is 10.4. The average Bonchev–Trinajstić information content (AvgIpc) is 2.21. The minimum atomic E-state index is -0.486. The van der Waals surface area contributed by atoms with E-state index in [-0.39, 0.29) is 6.61 Å². The van der Waals surface area contributed by atoms with Crippen molar-refractivity contribution in [2.75, 3.05) is 26.2 Å². The van der Waals surface area contributed by atoms with Gasteiger partial charge in [0.05, 0.1) is 0 Å². The van der Waals surface area contributed by atoms with Crippen LogP contribution < -0.4 is 11.1 Å². The monoisotopic (exact) mass is 215 g/mol. The normalized spacial score (nSPS) is 9.67. The van der Waals surface area contributed by atoms with Gasteiger partial charge in [0.25, 0.3) is 0 Å². The molecule has 0 radical (unpaired) electrons. The summed E-state index contributed by atoms with van der Waals surface area (Å²) in [6.07, 6.45) is 4.38. The number of aliphatic hydroxyl groups is 1. The molecule has 15 heavy (non-hydrogen) atoms. The SMILES string of the molecule is C=CN(CCCCO)CCCNC(N)=O. The van der Waals surface area contributed by atoms with E-state index < -0.39 is 6.03 Å². The predicted octanol–water partition coefficient (Wildman–Crippen LogP) is 0.263. The molecule has 2 amide bonds. The van der Waals surface area contributed by atoms with Crippen LogP contribution in [0.25, 0.3) is 0 Å². The lowest BCUT2D eigenvalue weighted by Crippen LogP contribution is -2.32. The van der Waals surface area contributed by atoms with Crippen LogP contribution in [0, 0.1) is 0 Å². The summed E-state index contributed by atoms with van der Waals surface area (Å²) >= 11 is 0. The summed E-state index contributed by atoms with van der Waals surface area (Å²) in [4.78, 5) is 12.4. The number of hydrogen-bond donors (Lipinski definition) is 3. The van der Waals surface area contributed by atoms with Crippen LogP contribution in [-0.2, 0) is 0 Å². The molecule has 0 aromatic heterocycles. The zero-order chi connectivity index (χ0) is 11.5. The fraction of sp³-hybridized carbons (Fsp3) is 0.700. The number of amides is 2. The Kier molecular flexibility index (Phi) is 8.56. The standard InChI is InChI=1S/C10H21N3O2/c1-2-13(7-3-4-9-14)8-5-6-12-10(11)15/h2,14H,1,3-9H2,(H3,11,12,15). The second kappa shape index (κ2) is 9.33. The Morgan fingerprint density at radius 1 is 1.40 bits per heavy atom. The zero-order valence-electron chi connectivity index (χ0n) is 9.11. The van der Waals surface area contributed by atoms with Gasteiger partial charge in [-0.25, -0.2) is 4.79 Å². The molecule has 5 heteroatoms. The number of hydrogen-bond acceptors (Lipinski definition) is 3. The zero-order valence-corrected chi connectivity index (χ0v) is 9.11. The van der Waals surface area contributed by atoms with E-state index in [1.807, 2.05) is 0 Å². The molecule has 0 atom stereocenters. The Bertz CT molecular complexity index is 186. The number of unbranched alkanes of at least 4 members (excludes halogenated alkanes) is 1. The van der Waals surface area contributed by atoms with Gasteiger partial charge in [-0.2, -0.15) is 0 Å². The van der Waals surface area contributed by atoms with Gasteiger partial charge in [0, 0.05) is 26.2 Å². The first-order valence-electron chi connectivity index (χ1n) is 5.21. The minimum Gasteiger partial charge on any atom is -0.396 e. The van der Waals surface area contributed by atoms with Gasteiger partial charge in [0.15, 0.2) is 0 Å². The van der Waals surface area contributed by atoms with E-state index in [0.717, 1.165) is 32.4 Å². The summed E-state index contributed by atoms with van der Waals surface area (Å²) in [5.74, 6) is 0. The third kappa shape index (κ3) is 9.08. The molecular weight excluding hydrogens is 194 g/mol. The first-order valence-corrected chi connectivity index (χ1v) is 5.21. The van der Waals surface area contributed by atoms with E-state index in [4.69, 9.17) is 10.8 Å². The topological polar surface area (TPSA) is 78.6 Å². The Morgan fingerprint density at radius 2 is 2.07 bits per heavy atom. The lowest BCUT2D eigenvalue weighted by molar-refractivity contribution is 0.247. The van der Waals surface area contributed by atoms with E-state index >= 15 is 0 Å². The largest absolute Gasteiger partial charge is 0.396 e. The molecule has 88 valence electrons. The molecule has 0 bridgehead atoms. The van der Waals surface area contributed by atoms with Gasteiger partial charge in [0.2, 0.25) is 0 Å². The number of primary amides is 1. The quantitative estimate of drug-likeness (QED) is 0.483. The summed E-state index contributed by atoms with van der Waals surface area (Å²) in [7, 11) is 0. The maximum Gasteiger partial charge on any atom is 0.312 e. The van der Waals surface area contributed by atoms with E-state index in [1.165, 1.54) is 0 Å². The van der Waals surface area contributed by atoms with Crippen molar-refractivity contribution >= 4 is 6.03 Å². The molecule has 0 aliphatic carbocycles. The first-order chi connectivity index (χ1) is 7.20. The van der Waals surface area contributed by atoms with Crippen molar-refractivity contribution in [2.24, 2.45) is 5.73 Å². The number of carbonyl (C=O) groups is 1. The van der Waals surface area contributed by atoms with Gasteiger partial charge in [-0.05, 0) is 25.5 Å². The third-order valence-electron chi connectivity index (χ3n) is 2.03. The highest BCUT2D eigenvalue weighted by molar-refractivity contribution is 5.71. The highest BCUT2D eigenvalue weighted by Crippen LogP contribution is 1.96. The average molecular weight is 215 g/mol. The Morgan fingerprint density at radius 3 is 2.60 bits per heavy atom. The molecule has 0 spiro atoms. The van der Waals surface area contributed by atoms with Gasteiger partial charge in [-0.1, -0.05) is 6.58 Å². The molecule has 0 rings (SSSR count). The third-order valence-corrected chi connectivity index (χ3v) is 2.03. The number of aliphatic hydroxyl groups excluding tert-OH is 1. The van der Waals surface area contributed by atoms with Crippen LogP contribution in [0.1, 0.15) is 19.3 Å². The van der Waals surface area contributed by atoms with Crippen LogP contribution in [0.5, 0.6) is 0 Å². The van der Waals surface area contributed by atoms with E-state index in [9.17, 15) is 4.79 Å². The number of rotatable bonds is 9. The molecule has 0 fully saturated rings. The van der Waals surface area contributed by atoms with Gasteiger partial charge in [0.1, 0.15) is 0 Å². The van der Waals surface area contributed by atoms with Gasteiger partial charge >= 0.3 is 6.03 Å². The van der Waals surface area contributed by atoms with Crippen LogP contribution in [0.2, 0.25) is 0 Å². The van der Waals surface area contributed by atoms with Crippen molar-refractivity contribution < 1.29 is 9.90 Å². The molecule has 4 N–H and O–H groups in total. The van der Waals surface area contributed by atoms with Crippen molar-refractivity contribution in [1.82, 2.24) is 10.2 Å². The lowest BCUT2D eigenvalue weighted by Gasteiger charge is -2.19. The Hall–Kier alpha value is -1.23. The minimum absolute atomic E-state index is 0.230. The van der Waals surface area contributed by atoms with E-state index in [1.54, 1.807) is 6.20 Å². The molecule has 0 saturated heterocycles. The predicted molar refractivity (Wildman–Crippen MR) is 60.3 cm³/mol. The highest BCUT2D eigenvalue weighted by atomic mass is 16.2. The second-order valence-corrected chi connectivity index (χ2v) is 3.29. The molecule has 0 unspecified atom stereocenters. The molecule has 0 saturated carbocycles. The fourth-order valence-corrected chi connectivity index (χ4v) is 1.21.